The van der Waals surface area contributed by atoms with Gasteiger partial charge in [0.05, 0.1) is 0 Å². The number of carboxylic acid groups (broad SMARTS) is 1. The largest absolute Gasteiger partial charge is 0.482 e. The van der Waals surface area contributed by atoms with Gasteiger partial charge >= 0.3 is 5.97 Å². The van der Waals surface area contributed by atoms with Crippen LogP contribution in [0.5, 0.6) is 5.75 Å². The van der Waals surface area contributed by atoms with Gasteiger partial charge in [-0.2, -0.15) is 0 Å². The summed E-state index contributed by atoms with van der Waals surface area (Å²) in [5.74, 6) is -0.828. The summed E-state index contributed by atoms with van der Waals surface area (Å²) in [6.45, 7) is 6.52. The van der Waals surface area contributed by atoms with Crippen molar-refractivity contribution >= 4 is 23.9 Å². The van der Waals surface area contributed by atoms with E-state index in [1.807, 2.05) is 0 Å². The zero-order valence-corrected chi connectivity index (χ0v) is 18.0. The Bertz CT molecular complexity index is 1040. The number of aryl methyl sites for hydroxylation is 1. The first-order valence-corrected chi connectivity index (χ1v) is 11.3. The maximum Gasteiger partial charge on any atom is 0.341 e. The molecule has 0 radical (unpaired) electrons. The standard InChI is InChI=1S/C24H25O5P/c1-4-5-6-7-11-16-30(28,20-12-9-8-10-13-20)24(27)23-18(2)14-15-21(19(23)3)29-17-22(25)26/h4-15H,1,16-17H2,2-3H3,(H,25,26)/b6-5-,11-7-. The number of carbonyl (C=O) groups excluding carboxylic acids is 1. The van der Waals surface area contributed by atoms with Crippen molar-refractivity contribution in [1.29, 1.82) is 0 Å². The second-order valence-electron chi connectivity index (χ2n) is 6.67. The lowest BCUT2D eigenvalue weighted by Gasteiger charge is -2.20. The Balaban J connectivity index is 2.53. The number of carboxylic acids is 1. The summed E-state index contributed by atoms with van der Waals surface area (Å²) in [6.07, 6.45) is 8.63. The molecule has 1 unspecified atom stereocenters. The third kappa shape index (κ3) is 5.46. The van der Waals surface area contributed by atoms with Gasteiger partial charge in [0, 0.05) is 22.6 Å². The number of benzene rings is 2. The fraction of sp³-hybridized carbons (Fsp3) is 0.167. The fourth-order valence-corrected chi connectivity index (χ4v) is 5.43. The zero-order valence-electron chi connectivity index (χ0n) is 17.1. The number of hydrogen-bond acceptors (Lipinski definition) is 4. The molecule has 0 aromatic heterocycles. The monoisotopic (exact) mass is 424 g/mol. The summed E-state index contributed by atoms with van der Waals surface area (Å²) < 4.78 is 19.4. The molecule has 30 heavy (non-hydrogen) atoms. The van der Waals surface area contributed by atoms with E-state index >= 15 is 0 Å². The maximum absolute atomic E-state index is 14.0. The summed E-state index contributed by atoms with van der Waals surface area (Å²) in [7, 11) is -3.50. The number of carbonyl (C=O) groups is 2. The van der Waals surface area contributed by atoms with Gasteiger partial charge in [-0.1, -0.05) is 73.4 Å². The summed E-state index contributed by atoms with van der Waals surface area (Å²) >= 11 is 0. The highest BCUT2D eigenvalue weighted by molar-refractivity contribution is 7.87. The van der Waals surface area contributed by atoms with Crippen molar-refractivity contribution in [2.45, 2.75) is 13.8 Å². The minimum Gasteiger partial charge on any atom is -0.482 e. The Hall–Kier alpha value is -3.17. The lowest BCUT2D eigenvalue weighted by molar-refractivity contribution is -0.139. The van der Waals surface area contributed by atoms with E-state index in [0.717, 1.165) is 0 Å². The predicted octanol–water partition coefficient (Wildman–Crippen LogP) is 4.89. The normalized spacial score (nSPS) is 13.3. The molecule has 0 saturated heterocycles. The Kier molecular flexibility index (Phi) is 8.14. The summed E-state index contributed by atoms with van der Waals surface area (Å²) in [6, 6.07) is 12.0. The van der Waals surface area contributed by atoms with Crippen LogP contribution in [0.15, 0.2) is 79.4 Å². The second kappa shape index (κ2) is 10.6. The van der Waals surface area contributed by atoms with Crippen molar-refractivity contribution in [3.8, 4) is 5.75 Å². The Labute approximate surface area is 176 Å². The van der Waals surface area contributed by atoms with Crippen LogP contribution in [0.4, 0.5) is 0 Å². The van der Waals surface area contributed by atoms with Crippen LogP contribution in [0.25, 0.3) is 0 Å². The highest BCUT2D eigenvalue weighted by Crippen LogP contribution is 2.49. The third-order valence-electron chi connectivity index (χ3n) is 4.55. The average Bonchev–Trinajstić information content (AvgIpc) is 2.73. The molecule has 0 amide bonds. The molecule has 156 valence electrons. The Morgan fingerprint density at radius 2 is 1.77 bits per heavy atom. The second-order valence-corrected chi connectivity index (χ2v) is 9.44. The molecule has 0 heterocycles. The molecule has 1 N–H and O–H groups in total. The minimum absolute atomic E-state index is 0.0659. The van der Waals surface area contributed by atoms with E-state index in [1.54, 1.807) is 86.7 Å². The molecule has 0 aliphatic heterocycles. The average molecular weight is 424 g/mol. The van der Waals surface area contributed by atoms with Gasteiger partial charge in [-0.05, 0) is 25.5 Å². The van der Waals surface area contributed by atoms with Gasteiger partial charge in [0.15, 0.2) is 13.7 Å². The van der Waals surface area contributed by atoms with E-state index in [4.69, 9.17) is 9.84 Å². The van der Waals surface area contributed by atoms with Gasteiger partial charge in [0.2, 0.25) is 5.52 Å². The number of aliphatic carboxylic acids is 1. The molecular weight excluding hydrogens is 399 g/mol. The van der Waals surface area contributed by atoms with Crippen LogP contribution in [0.1, 0.15) is 21.5 Å². The van der Waals surface area contributed by atoms with Crippen LogP contribution in [-0.2, 0) is 9.36 Å². The quantitative estimate of drug-likeness (QED) is 0.434. The first kappa shape index (κ1) is 23.1. The van der Waals surface area contributed by atoms with Gasteiger partial charge in [-0.25, -0.2) is 4.79 Å². The maximum atomic E-state index is 14.0. The van der Waals surface area contributed by atoms with Gasteiger partial charge in [0.1, 0.15) is 5.75 Å². The van der Waals surface area contributed by atoms with Gasteiger partial charge in [-0.3, -0.25) is 4.79 Å². The highest BCUT2D eigenvalue weighted by atomic mass is 31.2. The van der Waals surface area contributed by atoms with E-state index in [2.05, 4.69) is 6.58 Å². The zero-order chi connectivity index (χ0) is 22.1. The SMILES string of the molecule is C=C/C=C\C=C/CP(=O)(C(=O)c1c(C)ccc(OCC(=O)O)c1C)c1ccccc1. The number of hydrogen-bond donors (Lipinski definition) is 1. The van der Waals surface area contributed by atoms with E-state index in [1.165, 1.54) is 0 Å². The van der Waals surface area contributed by atoms with Crippen LogP contribution in [-0.4, -0.2) is 29.4 Å². The summed E-state index contributed by atoms with van der Waals surface area (Å²) in [5.41, 5.74) is 0.974. The summed E-state index contributed by atoms with van der Waals surface area (Å²) in [4.78, 5) is 24.5. The van der Waals surface area contributed by atoms with Crippen molar-refractivity contribution in [2.75, 3.05) is 12.8 Å². The molecule has 1 atom stereocenters. The molecular formula is C24H25O5P. The van der Waals surface area contributed by atoms with Crippen LogP contribution in [0, 0.1) is 13.8 Å². The van der Waals surface area contributed by atoms with Crippen molar-refractivity contribution in [3.05, 3.63) is 96.1 Å². The lowest BCUT2D eigenvalue weighted by Crippen LogP contribution is -2.18. The molecule has 6 heteroatoms. The van der Waals surface area contributed by atoms with Gasteiger partial charge in [0.25, 0.3) is 0 Å². The molecule has 0 saturated carbocycles. The molecule has 2 aromatic rings. The lowest BCUT2D eigenvalue weighted by atomic mass is 10.0. The number of allylic oxidation sites excluding steroid dienone is 5. The van der Waals surface area contributed by atoms with E-state index in [-0.39, 0.29) is 11.9 Å². The van der Waals surface area contributed by atoms with E-state index in [0.29, 0.717) is 22.0 Å². The highest BCUT2D eigenvalue weighted by Gasteiger charge is 2.35. The topological polar surface area (TPSA) is 80.7 Å². The molecule has 0 fully saturated rings. The molecule has 0 spiro atoms. The molecule has 5 nitrogen and oxygen atoms in total. The van der Waals surface area contributed by atoms with Crippen molar-refractivity contribution in [2.24, 2.45) is 0 Å². The van der Waals surface area contributed by atoms with E-state index < -0.39 is 25.2 Å². The predicted molar refractivity (Wildman–Crippen MR) is 120 cm³/mol. The molecule has 2 aromatic carbocycles. The summed E-state index contributed by atoms with van der Waals surface area (Å²) in [5, 5.41) is 9.35. The third-order valence-corrected chi connectivity index (χ3v) is 7.28. The first-order chi connectivity index (χ1) is 14.3. The Morgan fingerprint density at radius 3 is 2.40 bits per heavy atom. The van der Waals surface area contributed by atoms with Crippen molar-refractivity contribution < 1.29 is 24.0 Å². The molecule has 0 aliphatic carbocycles. The Morgan fingerprint density at radius 1 is 1.07 bits per heavy atom. The number of ether oxygens (including phenoxy) is 1. The van der Waals surface area contributed by atoms with Gasteiger partial charge in [-0.15, -0.1) is 0 Å². The van der Waals surface area contributed by atoms with Crippen molar-refractivity contribution in [1.82, 2.24) is 0 Å². The molecule has 0 bridgehead atoms. The van der Waals surface area contributed by atoms with Crippen LogP contribution < -0.4 is 10.0 Å². The first-order valence-electron chi connectivity index (χ1n) is 9.40. The molecule has 2 rings (SSSR count). The van der Waals surface area contributed by atoms with Crippen LogP contribution >= 0.6 is 7.14 Å². The molecule has 0 aliphatic rings. The van der Waals surface area contributed by atoms with Crippen LogP contribution in [0.3, 0.4) is 0 Å². The van der Waals surface area contributed by atoms with Crippen LogP contribution in [0.2, 0.25) is 0 Å². The number of rotatable bonds is 10. The van der Waals surface area contributed by atoms with Gasteiger partial charge < -0.3 is 14.4 Å². The smallest absolute Gasteiger partial charge is 0.341 e. The fourth-order valence-electron chi connectivity index (χ4n) is 3.04. The van der Waals surface area contributed by atoms with Crippen molar-refractivity contribution in [3.63, 3.8) is 0 Å². The van der Waals surface area contributed by atoms with E-state index in [9.17, 15) is 14.2 Å². The minimum atomic E-state index is -3.50.